The summed E-state index contributed by atoms with van der Waals surface area (Å²) in [6, 6.07) is 0. The first-order valence-corrected chi connectivity index (χ1v) is 9.92. The van der Waals surface area contributed by atoms with E-state index in [0.717, 1.165) is 60.7 Å². The molecule has 0 aromatic carbocycles. The predicted octanol–water partition coefficient (Wildman–Crippen LogP) is 4.15. The molecule has 2 atom stereocenters. The van der Waals surface area contributed by atoms with Crippen molar-refractivity contribution >= 4 is 24.9 Å². The zero-order valence-corrected chi connectivity index (χ0v) is 15.6. The quantitative estimate of drug-likeness (QED) is 0.481. The Morgan fingerprint density at radius 3 is 2.68 bits per heavy atom. The molecule has 2 aliphatic carbocycles. The molecule has 1 aromatic heterocycles. The summed E-state index contributed by atoms with van der Waals surface area (Å²) in [5.74, 6) is 2.81. The number of hydrogen-bond acceptors (Lipinski definition) is 5. The van der Waals surface area contributed by atoms with E-state index in [9.17, 15) is 9.59 Å². The molecule has 25 heavy (non-hydrogen) atoms. The van der Waals surface area contributed by atoms with E-state index in [1.165, 1.54) is 6.42 Å². The SMILES string of the molecule is CC(CS)CC1CC(c2onc(C(CC=O)CC(=O)O)c2C2CC2)C1. The Hall–Kier alpha value is -1.30. The smallest absolute Gasteiger partial charge is 0.304 e. The van der Waals surface area contributed by atoms with E-state index in [0.29, 0.717) is 17.8 Å². The third kappa shape index (κ3) is 4.27. The number of carboxylic acids is 1. The summed E-state index contributed by atoms with van der Waals surface area (Å²) in [6.45, 7) is 2.23. The molecular weight excluding hydrogens is 338 g/mol. The van der Waals surface area contributed by atoms with Gasteiger partial charge in [0.05, 0.1) is 12.1 Å². The lowest BCUT2D eigenvalue weighted by Gasteiger charge is -2.35. The zero-order valence-electron chi connectivity index (χ0n) is 14.7. The van der Waals surface area contributed by atoms with Crippen molar-refractivity contribution in [1.29, 1.82) is 0 Å². The minimum Gasteiger partial charge on any atom is -0.481 e. The number of carboxylic acid groups (broad SMARTS) is 1. The topological polar surface area (TPSA) is 80.4 Å². The summed E-state index contributed by atoms with van der Waals surface area (Å²) in [4.78, 5) is 22.1. The van der Waals surface area contributed by atoms with Crippen molar-refractivity contribution in [1.82, 2.24) is 5.16 Å². The molecule has 2 saturated carbocycles. The Morgan fingerprint density at radius 2 is 2.12 bits per heavy atom. The average Bonchev–Trinajstić information content (AvgIpc) is 3.28. The van der Waals surface area contributed by atoms with Gasteiger partial charge in [-0.3, -0.25) is 4.79 Å². The van der Waals surface area contributed by atoms with Gasteiger partial charge in [0.1, 0.15) is 12.0 Å². The van der Waals surface area contributed by atoms with Gasteiger partial charge in [0.25, 0.3) is 0 Å². The third-order valence-corrected chi connectivity index (χ3v) is 6.24. The molecule has 0 amide bonds. The van der Waals surface area contributed by atoms with E-state index in [2.05, 4.69) is 24.7 Å². The molecule has 6 heteroatoms. The van der Waals surface area contributed by atoms with Gasteiger partial charge in [-0.1, -0.05) is 12.1 Å². The molecule has 0 spiro atoms. The molecule has 1 N–H and O–H groups in total. The number of aliphatic carboxylic acids is 1. The predicted molar refractivity (Wildman–Crippen MR) is 97.3 cm³/mol. The van der Waals surface area contributed by atoms with Crippen LogP contribution in [0.2, 0.25) is 0 Å². The highest BCUT2D eigenvalue weighted by atomic mass is 32.1. The van der Waals surface area contributed by atoms with E-state index < -0.39 is 5.97 Å². The second kappa shape index (κ2) is 7.94. The largest absolute Gasteiger partial charge is 0.481 e. The molecular formula is C19H27NO4S. The summed E-state index contributed by atoms with van der Waals surface area (Å²) in [7, 11) is 0. The molecule has 138 valence electrons. The highest BCUT2D eigenvalue weighted by molar-refractivity contribution is 7.80. The molecule has 1 aromatic rings. The molecule has 5 nitrogen and oxygen atoms in total. The molecule has 1 heterocycles. The Balaban J connectivity index is 1.74. The molecule has 0 saturated heterocycles. The number of thiol groups is 1. The second-order valence-corrected chi connectivity index (χ2v) is 8.24. The molecule has 2 fully saturated rings. The standard InChI is InChI=1S/C19H27NO4S/c1-11(10-25)6-12-7-15(8-12)19-17(13-2-3-13)18(20-24-19)14(4-5-21)9-16(22)23/h5,11-15,25H,2-4,6-10H2,1H3,(H,22,23). The lowest BCUT2D eigenvalue weighted by atomic mass is 9.69. The van der Waals surface area contributed by atoms with E-state index in [-0.39, 0.29) is 18.8 Å². The number of aldehydes is 1. The number of carbonyl (C=O) groups is 2. The normalized spacial score (nSPS) is 25.2. The maximum Gasteiger partial charge on any atom is 0.304 e. The van der Waals surface area contributed by atoms with Crippen LogP contribution in [0.4, 0.5) is 0 Å². The molecule has 0 radical (unpaired) electrons. The van der Waals surface area contributed by atoms with Crippen LogP contribution in [0.5, 0.6) is 0 Å². The first-order chi connectivity index (χ1) is 12.0. The van der Waals surface area contributed by atoms with Crippen LogP contribution in [0.3, 0.4) is 0 Å². The first-order valence-electron chi connectivity index (χ1n) is 9.29. The molecule has 0 aliphatic heterocycles. The fraction of sp³-hybridized carbons (Fsp3) is 0.737. The summed E-state index contributed by atoms with van der Waals surface area (Å²) < 4.78 is 5.72. The van der Waals surface area contributed by atoms with Crippen molar-refractivity contribution < 1.29 is 19.2 Å². The van der Waals surface area contributed by atoms with Gasteiger partial charge in [0.15, 0.2) is 0 Å². The van der Waals surface area contributed by atoms with Gasteiger partial charge in [0.2, 0.25) is 0 Å². The van der Waals surface area contributed by atoms with Crippen LogP contribution >= 0.6 is 12.6 Å². The number of hydrogen-bond donors (Lipinski definition) is 2. The van der Waals surface area contributed by atoms with Gasteiger partial charge >= 0.3 is 5.97 Å². The lowest BCUT2D eigenvalue weighted by Crippen LogP contribution is -2.24. The van der Waals surface area contributed by atoms with Gasteiger partial charge in [-0.05, 0) is 55.6 Å². The fourth-order valence-electron chi connectivity index (χ4n) is 4.10. The average molecular weight is 365 g/mol. The Kier molecular flexibility index (Phi) is 5.87. The van der Waals surface area contributed by atoms with Crippen molar-refractivity contribution in [3.05, 3.63) is 17.0 Å². The van der Waals surface area contributed by atoms with E-state index in [1.54, 1.807) is 0 Å². The van der Waals surface area contributed by atoms with Gasteiger partial charge in [-0.25, -0.2) is 0 Å². The molecule has 3 rings (SSSR count). The number of nitrogens with zero attached hydrogens (tertiary/aromatic N) is 1. The van der Waals surface area contributed by atoms with E-state index in [1.807, 2.05) is 0 Å². The van der Waals surface area contributed by atoms with Crippen molar-refractivity contribution in [2.24, 2.45) is 11.8 Å². The van der Waals surface area contributed by atoms with Crippen LogP contribution in [-0.4, -0.2) is 28.3 Å². The Morgan fingerprint density at radius 1 is 1.40 bits per heavy atom. The molecule has 2 aliphatic rings. The lowest BCUT2D eigenvalue weighted by molar-refractivity contribution is -0.137. The van der Waals surface area contributed by atoms with Crippen LogP contribution in [-0.2, 0) is 9.59 Å². The van der Waals surface area contributed by atoms with Gasteiger partial charge in [0, 0.05) is 23.8 Å². The summed E-state index contributed by atoms with van der Waals surface area (Å²) in [5.41, 5.74) is 1.85. The highest BCUT2D eigenvalue weighted by Gasteiger charge is 2.41. The number of rotatable bonds is 10. The van der Waals surface area contributed by atoms with Gasteiger partial charge < -0.3 is 14.4 Å². The van der Waals surface area contributed by atoms with Crippen molar-refractivity contribution in [3.8, 4) is 0 Å². The van der Waals surface area contributed by atoms with E-state index in [4.69, 9.17) is 9.63 Å². The minimum atomic E-state index is -0.900. The number of aromatic nitrogens is 1. The van der Waals surface area contributed by atoms with Crippen molar-refractivity contribution in [2.75, 3.05) is 5.75 Å². The molecule has 0 bridgehead atoms. The second-order valence-electron chi connectivity index (χ2n) is 7.87. The Bertz CT molecular complexity index is 619. The van der Waals surface area contributed by atoms with Crippen molar-refractivity contribution in [3.63, 3.8) is 0 Å². The maximum atomic E-state index is 11.2. The number of carbonyl (C=O) groups excluding carboxylic acids is 1. The minimum absolute atomic E-state index is 0.0722. The van der Waals surface area contributed by atoms with Crippen LogP contribution in [0, 0.1) is 11.8 Å². The fourth-order valence-corrected chi connectivity index (χ4v) is 4.25. The summed E-state index contributed by atoms with van der Waals surface area (Å²) in [6.07, 6.45) is 6.54. The first kappa shape index (κ1) is 18.5. The van der Waals surface area contributed by atoms with Crippen LogP contribution in [0.1, 0.15) is 86.6 Å². The van der Waals surface area contributed by atoms with E-state index >= 15 is 0 Å². The van der Waals surface area contributed by atoms with Crippen LogP contribution < -0.4 is 0 Å². The highest BCUT2D eigenvalue weighted by Crippen LogP contribution is 2.52. The van der Waals surface area contributed by atoms with Gasteiger partial charge in [-0.15, -0.1) is 0 Å². The van der Waals surface area contributed by atoms with Crippen molar-refractivity contribution in [2.45, 2.75) is 69.6 Å². The van der Waals surface area contributed by atoms with Crippen LogP contribution in [0.15, 0.2) is 4.52 Å². The third-order valence-electron chi connectivity index (χ3n) is 5.61. The zero-order chi connectivity index (χ0) is 18.0. The molecule has 2 unspecified atom stereocenters. The summed E-state index contributed by atoms with van der Waals surface area (Å²) >= 11 is 4.36. The maximum absolute atomic E-state index is 11.2. The monoisotopic (exact) mass is 365 g/mol. The Labute approximate surface area is 153 Å². The van der Waals surface area contributed by atoms with Gasteiger partial charge in [-0.2, -0.15) is 12.6 Å². The van der Waals surface area contributed by atoms with Crippen LogP contribution in [0.25, 0.3) is 0 Å². The summed E-state index contributed by atoms with van der Waals surface area (Å²) in [5, 5.41) is 13.4.